The minimum absolute atomic E-state index is 0.0456. The van der Waals surface area contributed by atoms with E-state index >= 15 is 0 Å². The SMILES string of the molecule is CN(C(=O)CN1C(=O)c2ccccc2S1(=O)=O)[C@@H]1CC[C@@H](O)[C@@H]1O. The molecule has 3 atom stereocenters. The van der Waals surface area contributed by atoms with Crippen LogP contribution in [0.2, 0.25) is 0 Å². The first-order chi connectivity index (χ1) is 11.2. The second kappa shape index (κ2) is 5.83. The molecule has 1 heterocycles. The number of rotatable bonds is 3. The molecular weight excluding hydrogens is 336 g/mol. The highest BCUT2D eigenvalue weighted by Gasteiger charge is 2.44. The van der Waals surface area contributed by atoms with Crippen molar-refractivity contribution in [1.29, 1.82) is 0 Å². The Bertz CT molecular complexity index is 793. The van der Waals surface area contributed by atoms with Crippen LogP contribution in [0.4, 0.5) is 0 Å². The summed E-state index contributed by atoms with van der Waals surface area (Å²) in [4.78, 5) is 25.8. The topological polar surface area (TPSA) is 115 Å². The van der Waals surface area contributed by atoms with Crippen LogP contribution in [0, 0.1) is 0 Å². The van der Waals surface area contributed by atoms with Crippen LogP contribution in [0.5, 0.6) is 0 Å². The zero-order chi connectivity index (χ0) is 17.6. The standard InChI is InChI=1S/C15H18N2O6S/c1-16(10-6-7-11(18)14(10)20)13(19)8-17-15(21)9-4-2-3-5-12(9)24(17,22)23/h2-5,10-11,14,18,20H,6-8H2,1H3/t10-,11-,14-/m1/s1. The van der Waals surface area contributed by atoms with Crippen LogP contribution in [0.15, 0.2) is 29.2 Å². The highest BCUT2D eigenvalue weighted by Crippen LogP contribution is 2.30. The van der Waals surface area contributed by atoms with Crippen molar-refractivity contribution in [2.45, 2.75) is 36.0 Å². The van der Waals surface area contributed by atoms with Gasteiger partial charge in [-0.25, -0.2) is 12.7 Å². The lowest BCUT2D eigenvalue weighted by molar-refractivity contribution is -0.134. The van der Waals surface area contributed by atoms with E-state index in [1.54, 1.807) is 6.07 Å². The number of aliphatic hydroxyl groups is 2. The monoisotopic (exact) mass is 354 g/mol. The maximum atomic E-state index is 12.4. The Hall–Kier alpha value is -1.97. The molecule has 2 aliphatic rings. The summed E-state index contributed by atoms with van der Waals surface area (Å²) in [6, 6.07) is 5.20. The van der Waals surface area contributed by atoms with Gasteiger partial charge < -0.3 is 15.1 Å². The number of hydrogen-bond donors (Lipinski definition) is 2. The van der Waals surface area contributed by atoms with Crippen molar-refractivity contribution in [1.82, 2.24) is 9.21 Å². The second-order valence-corrected chi connectivity index (χ2v) is 7.85. The zero-order valence-corrected chi connectivity index (χ0v) is 13.8. The van der Waals surface area contributed by atoms with Crippen molar-refractivity contribution >= 4 is 21.8 Å². The third-order valence-electron chi connectivity index (χ3n) is 4.63. The molecule has 2 amide bonds. The predicted molar refractivity (Wildman–Crippen MR) is 82.5 cm³/mol. The Morgan fingerprint density at radius 3 is 2.54 bits per heavy atom. The van der Waals surface area contributed by atoms with Crippen LogP contribution in [0.1, 0.15) is 23.2 Å². The smallest absolute Gasteiger partial charge is 0.269 e. The molecule has 1 fully saturated rings. The molecule has 0 saturated heterocycles. The molecule has 0 radical (unpaired) electrons. The minimum atomic E-state index is -4.05. The van der Waals surface area contributed by atoms with Gasteiger partial charge in [-0.05, 0) is 25.0 Å². The van der Waals surface area contributed by atoms with Crippen molar-refractivity contribution in [3.05, 3.63) is 29.8 Å². The van der Waals surface area contributed by atoms with E-state index < -0.39 is 46.6 Å². The lowest BCUT2D eigenvalue weighted by atomic mass is 10.1. The molecule has 2 N–H and O–H groups in total. The average molecular weight is 354 g/mol. The molecule has 8 nitrogen and oxygen atoms in total. The van der Waals surface area contributed by atoms with Crippen molar-refractivity contribution in [2.75, 3.05) is 13.6 Å². The fourth-order valence-corrected chi connectivity index (χ4v) is 4.69. The molecule has 0 bridgehead atoms. The van der Waals surface area contributed by atoms with Crippen molar-refractivity contribution in [2.24, 2.45) is 0 Å². The summed E-state index contributed by atoms with van der Waals surface area (Å²) in [7, 11) is -2.62. The molecular formula is C15H18N2O6S. The van der Waals surface area contributed by atoms with Crippen LogP contribution in [-0.4, -0.2) is 71.5 Å². The van der Waals surface area contributed by atoms with E-state index in [1.165, 1.54) is 30.1 Å². The van der Waals surface area contributed by atoms with Crippen LogP contribution in [0.3, 0.4) is 0 Å². The number of aliphatic hydroxyl groups excluding tert-OH is 2. The minimum Gasteiger partial charge on any atom is -0.390 e. The molecule has 1 aromatic rings. The number of likely N-dealkylation sites (N-methyl/N-ethyl adjacent to an activating group) is 1. The molecule has 130 valence electrons. The Balaban J connectivity index is 1.80. The second-order valence-electron chi connectivity index (χ2n) is 6.02. The van der Waals surface area contributed by atoms with Gasteiger partial charge in [0.05, 0.1) is 17.7 Å². The number of nitrogens with zero attached hydrogens (tertiary/aromatic N) is 2. The van der Waals surface area contributed by atoms with E-state index in [1.807, 2.05) is 0 Å². The van der Waals surface area contributed by atoms with E-state index in [9.17, 15) is 28.2 Å². The maximum Gasteiger partial charge on any atom is 0.269 e. The maximum absolute atomic E-state index is 12.4. The Morgan fingerprint density at radius 1 is 1.29 bits per heavy atom. The highest BCUT2D eigenvalue weighted by molar-refractivity contribution is 7.90. The Morgan fingerprint density at radius 2 is 1.96 bits per heavy atom. The van der Waals surface area contributed by atoms with E-state index in [-0.39, 0.29) is 10.5 Å². The first kappa shape index (κ1) is 16.9. The lowest BCUT2D eigenvalue weighted by Gasteiger charge is -2.29. The molecule has 24 heavy (non-hydrogen) atoms. The molecule has 0 spiro atoms. The quantitative estimate of drug-likeness (QED) is 0.732. The van der Waals surface area contributed by atoms with Gasteiger partial charge in [0.15, 0.2) is 0 Å². The summed E-state index contributed by atoms with van der Waals surface area (Å²) >= 11 is 0. The first-order valence-corrected chi connectivity index (χ1v) is 8.97. The number of amides is 2. The van der Waals surface area contributed by atoms with Gasteiger partial charge in [-0.15, -0.1) is 0 Å². The molecule has 0 aromatic heterocycles. The average Bonchev–Trinajstić information content (AvgIpc) is 2.98. The van der Waals surface area contributed by atoms with Gasteiger partial charge in [0, 0.05) is 7.05 Å². The van der Waals surface area contributed by atoms with Crippen LogP contribution >= 0.6 is 0 Å². The third-order valence-corrected chi connectivity index (χ3v) is 6.42. The third kappa shape index (κ3) is 2.48. The van der Waals surface area contributed by atoms with E-state index in [0.717, 1.165) is 0 Å². The van der Waals surface area contributed by atoms with E-state index in [2.05, 4.69) is 0 Å². The molecule has 0 unspecified atom stereocenters. The van der Waals surface area contributed by atoms with E-state index in [0.29, 0.717) is 17.1 Å². The van der Waals surface area contributed by atoms with Gasteiger partial charge in [0.2, 0.25) is 5.91 Å². The van der Waals surface area contributed by atoms with Crippen LogP contribution in [-0.2, 0) is 14.8 Å². The number of benzene rings is 1. The first-order valence-electron chi connectivity index (χ1n) is 7.53. The predicted octanol–water partition coefficient (Wildman–Crippen LogP) is -0.826. The largest absolute Gasteiger partial charge is 0.390 e. The summed E-state index contributed by atoms with van der Waals surface area (Å²) in [6.45, 7) is -0.633. The fraction of sp³-hybridized carbons (Fsp3) is 0.467. The van der Waals surface area contributed by atoms with Gasteiger partial charge >= 0.3 is 0 Å². The molecule has 1 aliphatic heterocycles. The Labute approximate surface area is 139 Å². The molecule has 9 heteroatoms. The van der Waals surface area contributed by atoms with Gasteiger partial charge in [0.25, 0.3) is 15.9 Å². The number of sulfonamides is 1. The number of carbonyl (C=O) groups excluding carboxylic acids is 2. The lowest BCUT2D eigenvalue weighted by Crippen LogP contribution is -2.48. The van der Waals surface area contributed by atoms with Crippen molar-refractivity contribution < 1.29 is 28.2 Å². The van der Waals surface area contributed by atoms with Gasteiger partial charge in [0.1, 0.15) is 17.5 Å². The molecule has 1 saturated carbocycles. The van der Waals surface area contributed by atoms with Crippen molar-refractivity contribution in [3.8, 4) is 0 Å². The summed E-state index contributed by atoms with van der Waals surface area (Å²) < 4.78 is 25.4. The highest BCUT2D eigenvalue weighted by atomic mass is 32.2. The van der Waals surface area contributed by atoms with Gasteiger partial charge in [-0.1, -0.05) is 12.1 Å². The number of carbonyl (C=O) groups is 2. The summed E-state index contributed by atoms with van der Waals surface area (Å²) in [5.74, 6) is -1.35. The van der Waals surface area contributed by atoms with Gasteiger partial charge in [-0.2, -0.15) is 0 Å². The van der Waals surface area contributed by atoms with E-state index in [4.69, 9.17) is 0 Å². The summed E-state index contributed by atoms with van der Waals surface area (Å²) in [5.41, 5.74) is 0.0456. The van der Waals surface area contributed by atoms with Gasteiger partial charge in [-0.3, -0.25) is 9.59 Å². The molecule has 1 aliphatic carbocycles. The Kier molecular flexibility index (Phi) is 4.10. The zero-order valence-electron chi connectivity index (χ0n) is 13.0. The summed E-state index contributed by atoms with van der Waals surface area (Å²) in [5, 5.41) is 19.5. The van der Waals surface area contributed by atoms with Crippen molar-refractivity contribution in [3.63, 3.8) is 0 Å². The fourth-order valence-electron chi connectivity index (χ4n) is 3.17. The molecule has 3 rings (SSSR count). The summed E-state index contributed by atoms with van der Waals surface area (Å²) in [6.07, 6.45) is -1.23. The number of hydrogen-bond acceptors (Lipinski definition) is 6. The molecule has 1 aromatic carbocycles. The van der Waals surface area contributed by atoms with Crippen LogP contribution in [0.25, 0.3) is 0 Å². The van der Waals surface area contributed by atoms with Crippen LogP contribution < -0.4 is 0 Å². The number of fused-ring (bicyclic) bond motifs is 1. The normalized spacial score (nSPS) is 28.0.